The average molecular weight is 270 g/mol. The number of nitrogens with zero attached hydrogens (tertiary/aromatic N) is 1. The molecule has 0 bridgehead atoms. The van der Waals surface area contributed by atoms with Crippen LogP contribution in [0.1, 0.15) is 0 Å². The molecule has 0 unspecified atom stereocenters. The highest BCUT2D eigenvalue weighted by Gasteiger charge is 2.13. The highest BCUT2D eigenvalue weighted by atomic mass is 32.2. The zero-order valence-electron chi connectivity index (χ0n) is 10.0. The van der Waals surface area contributed by atoms with Gasteiger partial charge < -0.3 is 5.73 Å². The molecule has 0 saturated heterocycles. The van der Waals surface area contributed by atoms with Gasteiger partial charge in [0.15, 0.2) is 0 Å². The van der Waals surface area contributed by atoms with Gasteiger partial charge in [-0.3, -0.25) is 4.98 Å². The van der Waals surface area contributed by atoms with Crippen molar-refractivity contribution in [2.75, 3.05) is 5.73 Å². The minimum Gasteiger partial charge on any atom is -0.398 e. The summed E-state index contributed by atoms with van der Waals surface area (Å²) < 4.78 is 14.1. The Kier molecular flexibility index (Phi) is 3.09. The number of benzene rings is 2. The van der Waals surface area contributed by atoms with E-state index in [0.29, 0.717) is 16.1 Å². The van der Waals surface area contributed by atoms with Gasteiger partial charge in [-0.1, -0.05) is 30.0 Å². The summed E-state index contributed by atoms with van der Waals surface area (Å²) in [6.07, 6.45) is 1.65. The van der Waals surface area contributed by atoms with Crippen molar-refractivity contribution in [3.8, 4) is 0 Å². The number of nitrogen functional groups attached to an aromatic ring is 1. The van der Waals surface area contributed by atoms with Crippen molar-refractivity contribution in [3.63, 3.8) is 0 Å². The van der Waals surface area contributed by atoms with Crippen LogP contribution in [0.5, 0.6) is 0 Å². The van der Waals surface area contributed by atoms with E-state index < -0.39 is 0 Å². The maximum atomic E-state index is 14.1. The molecule has 4 heteroatoms. The molecule has 0 radical (unpaired) electrons. The Hall–Kier alpha value is -2.07. The zero-order valence-corrected chi connectivity index (χ0v) is 10.8. The van der Waals surface area contributed by atoms with Crippen molar-refractivity contribution in [2.24, 2.45) is 0 Å². The molecule has 2 nitrogen and oxygen atoms in total. The van der Waals surface area contributed by atoms with Gasteiger partial charge in [0.05, 0.1) is 10.4 Å². The molecule has 94 valence electrons. The van der Waals surface area contributed by atoms with Crippen LogP contribution < -0.4 is 5.73 Å². The molecule has 1 heterocycles. The smallest absolute Gasteiger partial charge is 0.141 e. The summed E-state index contributed by atoms with van der Waals surface area (Å²) in [5.74, 6) is -0.336. The van der Waals surface area contributed by atoms with Crippen LogP contribution in [0.4, 0.5) is 10.1 Å². The molecule has 2 N–H and O–H groups in total. The third kappa shape index (κ3) is 2.27. The Labute approximate surface area is 114 Å². The Morgan fingerprint density at radius 2 is 1.84 bits per heavy atom. The van der Waals surface area contributed by atoms with Gasteiger partial charge in [0.1, 0.15) is 5.82 Å². The number of fused-ring (bicyclic) bond motifs is 1. The molecule has 3 aromatic rings. The van der Waals surface area contributed by atoms with Gasteiger partial charge in [0, 0.05) is 22.2 Å². The maximum Gasteiger partial charge on any atom is 0.141 e. The van der Waals surface area contributed by atoms with Crippen molar-refractivity contribution < 1.29 is 4.39 Å². The number of rotatable bonds is 2. The molecule has 2 aromatic carbocycles. The topological polar surface area (TPSA) is 38.9 Å². The lowest BCUT2D eigenvalue weighted by atomic mass is 10.2. The number of anilines is 1. The van der Waals surface area contributed by atoms with Crippen LogP contribution in [-0.4, -0.2) is 4.98 Å². The van der Waals surface area contributed by atoms with Crippen molar-refractivity contribution >= 4 is 28.4 Å². The normalized spacial score (nSPS) is 10.8. The van der Waals surface area contributed by atoms with Gasteiger partial charge in [-0.15, -0.1) is 0 Å². The minimum atomic E-state index is -0.336. The number of hydrogen-bond donors (Lipinski definition) is 1. The zero-order chi connectivity index (χ0) is 13.2. The molecular formula is C15H11FN2S. The van der Waals surface area contributed by atoms with Crippen LogP contribution in [0.3, 0.4) is 0 Å². The standard InChI is InChI=1S/C15H11FN2S/c16-12-9-13(17)11-7-4-8-18-14(11)15(12)19-10-5-2-1-3-6-10/h1-9H,17H2. The van der Waals surface area contributed by atoms with E-state index in [0.717, 1.165) is 10.3 Å². The van der Waals surface area contributed by atoms with Crippen LogP contribution in [-0.2, 0) is 0 Å². The summed E-state index contributed by atoms with van der Waals surface area (Å²) in [6.45, 7) is 0. The molecule has 0 aliphatic heterocycles. The molecule has 0 atom stereocenters. The summed E-state index contributed by atoms with van der Waals surface area (Å²) in [6, 6.07) is 14.7. The SMILES string of the molecule is Nc1cc(F)c(Sc2ccccc2)c2ncccc12. The summed E-state index contributed by atoms with van der Waals surface area (Å²) in [5.41, 5.74) is 6.85. The van der Waals surface area contributed by atoms with E-state index in [1.165, 1.54) is 17.8 Å². The molecule has 0 aliphatic rings. The summed E-state index contributed by atoms with van der Waals surface area (Å²) in [4.78, 5) is 5.74. The Morgan fingerprint density at radius 3 is 2.63 bits per heavy atom. The molecule has 0 fully saturated rings. The Morgan fingerprint density at radius 1 is 1.05 bits per heavy atom. The second-order valence-corrected chi connectivity index (χ2v) is 5.18. The third-order valence-electron chi connectivity index (χ3n) is 2.80. The van der Waals surface area contributed by atoms with Gasteiger partial charge in [-0.25, -0.2) is 4.39 Å². The third-order valence-corrected chi connectivity index (χ3v) is 3.90. The number of nitrogens with two attached hydrogens (primary N) is 1. The largest absolute Gasteiger partial charge is 0.398 e. The van der Waals surface area contributed by atoms with Gasteiger partial charge in [-0.05, 0) is 30.3 Å². The van der Waals surface area contributed by atoms with Gasteiger partial charge in [0.25, 0.3) is 0 Å². The number of hydrogen-bond acceptors (Lipinski definition) is 3. The predicted octanol–water partition coefficient (Wildman–Crippen LogP) is 4.11. The minimum absolute atomic E-state index is 0.336. The fraction of sp³-hybridized carbons (Fsp3) is 0. The summed E-state index contributed by atoms with van der Waals surface area (Å²) in [5, 5.41) is 0.780. The van der Waals surface area contributed by atoms with E-state index in [2.05, 4.69) is 4.98 Å². The summed E-state index contributed by atoms with van der Waals surface area (Å²) >= 11 is 1.36. The fourth-order valence-corrected chi connectivity index (χ4v) is 2.86. The quantitative estimate of drug-likeness (QED) is 0.712. The van der Waals surface area contributed by atoms with Crippen LogP contribution in [0.2, 0.25) is 0 Å². The highest BCUT2D eigenvalue weighted by Crippen LogP contribution is 2.36. The lowest BCUT2D eigenvalue weighted by molar-refractivity contribution is 0.605. The highest BCUT2D eigenvalue weighted by molar-refractivity contribution is 7.99. The lowest BCUT2D eigenvalue weighted by Crippen LogP contribution is -1.94. The first-order valence-corrected chi connectivity index (χ1v) is 6.63. The molecule has 0 spiro atoms. The first-order valence-electron chi connectivity index (χ1n) is 5.81. The molecule has 19 heavy (non-hydrogen) atoms. The number of aromatic nitrogens is 1. The molecule has 3 rings (SSSR count). The molecule has 0 saturated carbocycles. The molecule has 0 aliphatic carbocycles. The molecule has 1 aromatic heterocycles. The number of halogens is 1. The van der Waals surface area contributed by atoms with Gasteiger partial charge in [0.2, 0.25) is 0 Å². The van der Waals surface area contributed by atoms with Crippen molar-refractivity contribution in [2.45, 2.75) is 9.79 Å². The van der Waals surface area contributed by atoms with Crippen LogP contribution >= 0.6 is 11.8 Å². The van der Waals surface area contributed by atoms with Crippen molar-refractivity contribution in [1.29, 1.82) is 0 Å². The monoisotopic (exact) mass is 270 g/mol. The van der Waals surface area contributed by atoms with Crippen molar-refractivity contribution in [1.82, 2.24) is 4.98 Å². The first kappa shape index (κ1) is 12.0. The van der Waals surface area contributed by atoms with E-state index in [4.69, 9.17) is 5.73 Å². The second kappa shape index (κ2) is 4.90. The average Bonchev–Trinajstić information content (AvgIpc) is 2.45. The van der Waals surface area contributed by atoms with E-state index in [1.54, 1.807) is 12.3 Å². The van der Waals surface area contributed by atoms with Gasteiger partial charge in [-0.2, -0.15) is 0 Å². The number of pyridine rings is 1. The van der Waals surface area contributed by atoms with Crippen LogP contribution in [0.25, 0.3) is 10.9 Å². The van der Waals surface area contributed by atoms with Crippen LogP contribution in [0.15, 0.2) is 64.5 Å². The Balaban J connectivity index is 2.18. The second-order valence-electron chi connectivity index (χ2n) is 4.09. The predicted molar refractivity (Wildman–Crippen MR) is 76.7 cm³/mol. The van der Waals surface area contributed by atoms with Crippen molar-refractivity contribution in [3.05, 3.63) is 60.5 Å². The van der Waals surface area contributed by atoms with E-state index in [1.807, 2.05) is 36.4 Å². The van der Waals surface area contributed by atoms with E-state index in [9.17, 15) is 4.39 Å². The fourth-order valence-electron chi connectivity index (χ4n) is 1.92. The van der Waals surface area contributed by atoms with Gasteiger partial charge >= 0.3 is 0 Å². The lowest BCUT2D eigenvalue weighted by Gasteiger charge is -2.09. The molecule has 0 amide bonds. The van der Waals surface area contributed by atoms with Crippen LogP contribution in [0, 0.1) is 5.82 Å². The Bertz CT molecular complexity index is 729. The maximum absolute atomic E-state index is 14.1. The van der Waals surface area contributed by atoms with E-state index >= 15 is 0 Å². The first-order chi connectivity index (χ1) is 9.25. The summed E-state index contributed by atoms with van der Waals surface area (Å²) in [7, 11) is 0. The van der Waals surface area contributed by atoms with E-state index in [-0.39, 0.29) is 5.82 Å². The molecular weight excluding hydrogens is 259 g/mol.